The maximum atomic E-state index is 6.04. The van der Waals surface area contributed by atoms with E-state index in [4.69, 9.17) is 10.7 Å². The third-order valence-electron chi connectivity index (χ3n) is 3.19. The molecule has 1 aliphatic carbocycles. The van der Waals surface area contributed by atoms with Gasteiger partial charge in [-0.15, -0.1) is 11.3 Å². The van der Waals surface area contributed by atoms with Gasteiger partial charge in [0.1, 0.15) is 4.83 Å². The van der Waals surface area contributed by atoms with Crippen molar-refractivity contribution in [3.63, 3.8) is 0 Å². The summed E-state index contributed by atoms with van der Waals surface area (Å²) in [5, 5.41) is 1.16. The van der Waals surface area contributed by atoms with Gasteiger partial charge in [0.05, 0.1) is 5.69 Å². The van der Waals surface area contributed by atoms with E-state index < -0.39 is 0 Å². The number of rotatable bonds is 0. The molecule has 0 unspecified atom stereocenters. The van der Waals surface area contributed by atoms with Gasteiger partial charge in [-0.2, -0.15) is 0 Å². The Morgan fingerprint density at radius 2 is 2.13 bits per heavy atom. The molecule has 2 nitrogen and oxygen atoms in total. The highest BCUT2D eigenvalue weighted by molar-refractivity contribution is 7.19. The predicted octanol–water partition coefficient (Wildman–Crippen LogP) is 3.07. The van der Waals surface area contributed by atoms with Crippen molar-refractivity contribution < 1.29 is 0 Å². The molecule has 15 heavy (non-hydrogen) atoms. The van der Waals surface area contributed by atoms with Crippen LogP contribution in [0, 0.1) is 6.92 Å². The molecule has 0 amide bonds. The highest BCUT2D eigenvalue weighted by Crippen LogP contribution is 2.34. The Bertz CT molecular complexity index is 528. The van der Waals surface area contributed by atoms with Crippen molar-refractivity contribution in [2.75, 3.05) is 5.73 Å². The Balaban J connectivity index is 2.30. The average molecular weight is 218 g/mol. The molecule has 2 aromatic rings. The normalized spacial score (nSPS) is 15.5. The van der Waals surface area contributed by atoms with Gasteiger partial charge in [0.2, 0.25) is 0 Å². The van der Waals surface area contributed by atoms with Crippen molar-refractivity contribution in [2.45, 2.75) is 32.6 Å². The molecule has 2 aromatic heterocycles. The van der Waals surface area contributed by atoms with E-state index in [9.17, 15) is 0 Å². The Morgan fingerprint density at radius 1 is 1.33 bits per heavy atom. The number of anilines is 1. The molecule has 3 rings (SSSR count). The van der Waals surface area contributed by atoms with Crippen molar-refractivity contribution in [2.24, 2.45) is 0 Å². The molecule has 2 heterocycles. The summed E-state index contributed by atoms with van der Waals surface area (Å²) >= 11 is 1.72. The van der Waals surface area contributed by atoms with Crippen LogP contribution < -0.4 is 5.73 Å². The fraction of sp³-hybridized carbons (Fsp3) is 0.417. The molecule has 0 aromatic carbocycles. The van der Waals surface area contributed by atoms with Gasteiger partial charge in [-0.25, -0.2) is 4.98 Å². The number of hydrogen-bond acceptors (Lipinski definition) is 3. The van der Waals surface area contributed by atoms with E-state index in [0.29, 0.717) is 0 Å². The van der Waals surface area contributed by atoms with Crippen LogP contribution in [-0.2, 0) is 12.8 Å². The van der Waals surface area contributed by atoms with Crippen LogP contribution >= 0.6 is 11.3 Å². The number of nitrogen functional groups attached to an aromatic ring is 1. The fourth-order valence-corrected chi connectivity index (χ4v) is 3.22. The second-order valence-corrected chi connectivity index (χ2v) is 5.43. The maximum Gasteiger partial charge on any atom is 0.125 e. The lowest BCUT2D eigenvalue weighted by Gasteiger charge is -2.14. The van der Waals surface area contributed by atoms with Crippen LogP contribution in [0.15, 0.2) is 6.07 Å². The first kappa shape index (κ1) is 9.16. The molecule has 0 fully saturated rings. The number of pyridine rings is 1. The Labute approximate surface area is 93.1 Å². The van der Waals surface area contributed by atoms with E-state index >= 15 is 0 Å². The van der Waals surface area contributed by atoms with Crippen LogP contribution in [0.4, 0.5) is 5.69 Å². The molecule has 3 heteroatoms. The quantitative estimate of drug-likeness (QED) is 0.738. The maximum absolute atomic E-state index is 6.04. The van der Waals surface area contributed by atoms with Crippen LogP contribution in [-0.4, -0.2) is 4.98 Å². The second kappa shape index (κ2) is 3.20. The first-order valence-electron chi connectivity index (χ1n) is 5.43. The molecule has 0 saturated carbocycles. The number of nitrogens with two attached hydrogens (primary N) is 1. The summed E-state index contributed by atoms with van der Waals surface area (Å²) in [6.45, 7) is 2.07. The SMILES string of the molecule is Cc1sc2nc3c(cc2c1N)CCCC3. The standard InChI is InChI=1S/C12H14N2S/c1-7-11(13)9-6-8-4-2-3-5-10(8)14-12(9)15-7/h6H,2-5,13H2,1H3. The third-order valence-corrected chi connectivity index (χ3v) is 4.22. The van der Waals surface area contributed by atoms with Crippen LogP contribution in [0.25, 0.3) is 10.2 Å². The number of aromatic nitrogens is 1. The smallest absolute Gasteiger partial charge is 0.125 e. The Morgan fingerprint density at radius 3 is 3.00 bits per heavy atom. The lowest BCUT2D eigenvalue weighted by Crippen LogP contribution is -2.04. The Kier molecular flexibility index (Phi) is 1.96. The third kappa shape index (κ3) is 1.34. The van der Waals surface area contributed by atoms with Gasteiger partial charge in [0.15, 0.2) is 0 Å². The lowest BCUT2D eigenvalue weighted by atomic mass is 9.95. The average Bonchev–Trinajstić information content (AvgIpc) is 2.52. The molecule has 0 radical (unpaired) electrons. The summed E-state index contributed by atoms with van der Waals surface area (Å²) in [5.41, 5.74) is 9.68. The van der Waals surface area contributed by atoms with Gasteiger partial charge >= 0.3 is 0 Å². The summed E-state index contributed by atoms with van der Waals surface area (Å²) in [5.74, 6) is 0. The highest BCUT2D eigenvalue weighted by atomic mass is 32.1. The van der Waals surface area contributed by atoms with Gasteiger partial charge in [0.25, 0.3) is 0 Å². The minimum absolute atomic E-state index is 0.927. The number of nitrogens with zero attached hydrogens (tertiary/aromatic N) is 1. The van der Waals surface area contributed by atoms with E-state index in [1.165, 1.54) is 35.4 Å². The molecular formula is C12H14N2S. The minimum Gasteiger partial charge on any atom is -0.397 e. The summed E-state index contributed by atoms with van der Waals surface area (Å²) in [4.78, 5) is 7.05. The predicted molar refractivity (Wildman–Crippen MR) is 65.4 cm³/mol. The van der Waals surface area contributed by atoms with E-state index in [1.54, 1.807) is 11.3 Å². The monoisotopic (exact) mass is 218 g/mol. The van der Waals surface area contributed by atoms with Gasteiger partial charge in [-0.05, 0) is 44.2 Å². The molecule has 0 saturated heterocycles. The topological polar surface area (TPSA) is 38.9 Å². The zero-order valence-corrected chi connectivity index (χ0v) is 9.66. The van der Waals surface area contributed by atoms with E-state index in [2.05, 4.69) is 13.0 Å². The Hall–Kier alpha value is -1.09. The zero-order chi connectivity index (χ0) is 10.4. The first-order chi connectivity index (χ1) is 7.25. The van der Waals surface area contributed by atoms with Crippen molar-refractivity contribution in [3.8, 4) is 0 Å². The molecule has 0 bridgehead atoms. The van der Waals surface area contributed by atoms with Crippen LogP contribution in [0.1, 0.15) is 29.0 Å². The molecule has 0 spiro atoms. The summed E-state index contributed by atoms with van der Waals surface area (Å²) in [6, 6.07) is 2.26. The van der Waals surface area contributed by atoms with Gasteiger partial charge in [-0.1, -0.05) is 0 Å². The van der Waals surface area contributed by atoms with Crippen LogP contribution in [0.2, 0.25) is 0 Å². The largest absolute Gasteiger partial charge is 0.397 e. The molecule has 78 valence electrons. The van der Waals surface area contributed by atoms with Crippen LogP contribution in [0.3, 0.4) is 0 Å². The number of aryl methyl sites for hydroxylation is 3. The number of fused-ring (bicyclic) bond motifs is 2. The highest BCUT2D eigenvalue weighted by Gasteiger charge is 2.14. The van der Waals surface area contributed by atoms with Crippen molar-refractivity contribution >= 4 is 27.2 Å². The number of hydrogen-bond donors (Lipinski definition) is 1. The summed E-state index contributed by atoms with van der Waals surface area (Å²) in [7, 11) is 0. The molecule has 1 aliphatic rings. The fourth-order valence-electron chi connectivity index (χ4n) is 2.28. The van der Waals surface area contributed by atoms with Gasteiger partial charge in [-0.3, -0.25) is 0 Å². The molecule has 0 aliphatic heterocycles. The summed E-state index contributed by atoms with van der Waals surface area (Å²) in [6.07, 6.45) is 4.89. The van der Waals surface area contributed by atoms with Gasteiger partial charge < -0.3 is 5.73 Å². The molecule has 2 N–H and O–H groups in total. The number of thiophene rings is 1. The van der Waals surface area contributed by atoms with Crippen molar-refractivity contribution in [1.29, 1.82) is 0 Å². The second-order valence-electron chi connectivity index (χ2n) is 4.23. The van der Waals surface area contributed by atoms with Crippen molar-refractivity contribution in [1.82, 2.24) is 4.98 Å². The zero-order valence-electron chi connectivity index (χ0n) is 8.84. The lowest BCUT2D eigenvalue weighted by molar-refractivity contribution is 0.672. The van der Waals surface area contributed by atoms with Crippen LogP contribution in [0.5, 0.6) is 0 Å². The molecular weight excluding hydrogens is 204 g/mol. The van der Waals surface area contributed by atoms with Gasteiger partial charge in [0, 0.05) is 16.0 Å². The minimum atomic E-state index is 0.927. The molecule has 0 atom stereocenters. The van der Waals surface area contributed by atoms with E-state index in [0.717, 1.165) is 22.3 Å². The summed E-state index contributed by atoms with van der Waals surface area (Å²) < 4.78 is 0. The van der Waals surface area contributed by atoms with E-state index in [1.807, 2.05) is 0 Å². The first-order valence-corrected chi connectivity index (χ1v) is 6.25. The van der Waals surface area contributed by atoms with E-state index in [-0.39, 0.29) is 0 Å². The van der Waals surface area contributed by atoms with Crippen molar-refractivity contribution in [3.05, 3.63) is 22.2 Å².